The minimum absolute atomic E-state index is 0.0623. The Morgan fingerprint density at radius 3 is 2.79 bits per heavy atom. The summed E-state index contributed by atoms with van der Waals surface area (Å²) in [5.74, 6) is 1.29. The van der Waals surface area contributed by atoms with E-state index >= 15 is 0 Å². The number of amides is 1. The molecule has 0 bridgehead atoms. The summed E-state index contributed by atoms with van der Waals surface area (Å²) in [5, 5.41) is 3.55. The molecule has 3 nitrogen and oxygen atoms in total. The minimum atomic E-state index is -0.0623. The summed E-state index contributed by atoms with van der Waals surface area (Å²) in [6.45, 7) is 7.14. The molecule has 0 radical (unpaired) electrons. The zero-order chi connectivity index (χ0) is 10.7. The van der Waals surface area contributed by atoms with Crippen molar-refractivity contribution in [3.8, 4) is 0 Å². The SMILES string of the molecule is CNC(C)C(=O)N1CCSC(C)C1C. The molecule has 0 spiro atoms. The van der Waals surface area contributed by atoms with E-state index < -0.39 is 0 Å². The molecule has 1 N–H and O–H groups in total. The van der Waals surface area contributed by atoms with Crippen molar-refractivity contribution in [1.82, 2.24) is 10.2 Å². The van der Waals surface area contributed by atoms with Crippen molar-refractivity contribution < 1.29 is 4.79 Å². The van der Waals surface area contributed by atoms with Gasteiger partial charge in [-0.05, 0) is 20.9 Å². The maximum absolute atomic E-state index is 11.9. The highest BCUT2D eigenvalue weighted by atomic mass is 32.2. The minimum Gasteiger partial charge on any atom is -0.337 e. The van der Waals surface area contributed by atoms with Crippen LogP contribution in [0.3, 0.4) is 0 Å². The Morgan fingerprint density at radius 2 is 2.21 bits per heavy atom. The average Bonchev–Trinajstić information content (AvgIpc) is 2.20. The van der Waals surface area contributed by atoms with E-state index in [1.165, 1.54) is 0 Å². The van der Waals surface area contributed by atoms with Gasteiger partial charge in [0, 0.05) is 23.6 Å². The largest absolute Gasteiger partial charge is 0.337 e. The topological polar surface area (TPSA) is 32.3 Å². The number of hydrogen-bond donors (Lipinski definition) is 1. The van der Waals surface area contributed by atoms with Crippen molar-refractivity contribution in [2.24, 2.45) is 0 Å². The molecule has 3 unspecified atom stereocenters. The van der Waals surface area contributed by atoms with E-state index in [4.69, 9.17) is 0 Å². The number of rotatable bonds is 2. The predicted molar refractivity (Wildman–Crippen MR) is 61.6 cm³/mol. The molecule has 0 aromatic heterocycles. The lowest BCUT2D eigenvalue weighted by molar-refractivity contribution is -0.134. The molecule has 0 aromatic carbocycles. The summed E-state index contributed by atoms with van der Waals surface area (Å²) >= 11 is 1.95. The van der Waals surface area contributed by atoms with Crippen LogP contribution in [0.2, 0.25) is 0 Å². The zero-order valence-corrected chi connectivity index (χ0v) is 10.2. The number of nitrogens with zero attached hydrogens (tertiary/aromatic N) is 1. The zero-order valence-electron chi connectivity index (χ0n) is 9.41. The summed E-state index contributed by atoms with van der Waals surface area (Å²) < 4.78 is 0. The Morgan fingerprint density at radius 1 is 1.57 bits per heavy atom. The maximum atomic E-state index is 11.9. The lowest BCUT2D eigenvalue weighted by Gasteiger charge is -2.38. The molecule has 1 rings (SSSR count). The van der Waals surface area contributed by atoms with E-state index in [2.05, 4.69) is 19.2 Å². The molecule has 3 atom stereocenters. The number of carbonyl (C=O) groups excluding carboxylic acids is 1. The van der Waals surface area contributed by atoms with Crippen LogP contribution in [0.1, 0.15) is 20.8 Å². The van der Waals surface area contributed by atoms with Crippen LogP contribution in [0.15, 0.2) is 0 Å². The molecule has 82 valence electrons. The first-order chi connectivity index (χ1) is 6.57. The van der Waals surface area contributed by atoms with Gasteiger partial charge in [0.05, 0.1) is 6.04 Å². The van der Waals surface area contributed by atoms with Crippen molar-refractivity contribution in [3.63, 3.8) is 0 Å². The second-order valence-electron chi connectivity index (χ2n) is 3.86. The highest BCUT2D eigenvalue weighted by molar-refractivity contribution is 8.00. The molecule has 1 saturated heterocycles. The number of carbonyl (C=O) groups is 1. The van der Waals surface area contributed by atoms with E-state index in [-0.39, 0.29) is 11.9 Å². The standard InChI is InChI=1S/C10H20N2OS/c1-7(11-4)10(13)12-5-6-14-9(3)8(12)2/h7-9,11H,5-6H2,1-4H3. The predicted octanol–water partition coefficient (Wildman–Crippen LogP) is 0.947. The van der Waals surface area contributed by atoms with E-state index in [1.54, 1.807) is 0 Å². The third-order valence-corrected chi connectivity index (χ3v) is 4.31. The van der Waals surface area contributed by atoms with Crippen LogP contribution in [0.25, 0.3) is 0 Å². The fraction of sp³-hybridized carbons (Fsp3) is 0.900. The van der Waals surface area contributed by atoms with Crippen LogP contribution in [-0.2, 0) is 4.79 Å². The number of hydrogen-bond acceptors (Lipinski definition) is 3. The van der Waals surface area contributed by atoms with Gasteiger partial charge >= 0.3 is 0 Å². The van der Waals surface area contributed by atoms with Crippen LogP contribution >= 0.6 is 11.8 Å². The molecular weight excluding hydrogens is 196 g/mol. The first kappa shape index (κ1) is 11.9. The lowest BCUT2D eigenvalue weighted by Crippen LogP contribution is -2.53. The molecule has 4 heteroatoms. The average molecular weight is 216 g/mol. The molecule has 1 aliphatic rings. The Hall–Kier alpha value is -0.220. The maximum Gasteiger partial charge on any atom is 0.239 e. The van der Waals surface area contributed by atoms with Gasteiger partial charge in [0.15, 0.2) is 0 Å². The number of likely N-dealkylation sites (N-methyl/N-ethyl adjacent to an activating group) is 1. The third kappa shape index (κ3) is 2.42. The van der Waals surface area contributed by atoms with Crippen molar-refractivity contribution in [1.29, 1.82) is 0 Å². The highest BCUT2D eigenvalue weighted by Gasteiger charge is 2.30. The van der Waals surface area contributed by atoms with E-state index in [0.717, 1.165) is 12.3 Å². The summed E-state index contributed by atoms with van der Waals surface area (Å²) in [5.41, 5.74) is 0. The van der Waals surface area contributed by atoms with Gasteiger partial charge in [-0.3, -0.25) is 4.79 Å². The van der Waals surface area contributed by atoms with Crippen LogP contribution in [0.4, 0.5) is 0 Å². The van der Waals surface area contributed by atoms with Gasteiger partial charge in [-0.25, -0.2) is 0 Å². The second-order valence-corrected chi connectivity index (χ2v) is 5.34. The molecule has 1 fully saturated rings. The van der Waals surface area contributed by atoms with Crippen molar-refractivity contribution in [3.05, 3.63) is 0 Å². The van der Waals surface area contributed by atoms with Crippen LogP contribution in [0, 0.1) is 0 Å². The molecule has 0 aromatic rings. The fourth-order valence-electron chi connectivity index (χ4n) is 1.62. The molecular formula is C10H20N2OS. The first-order valence-electron chi connectivity index (χ1n) is 5.17. The van der Waals surface area contributed by atoms with Gasteiger partial charge in [0.2, 0.25) is 5.91 Å². The number of thioether (sulfide) groups is 1. The Kier molecular flexibility index (Phi) is 4.26. The highest BCUT2D eigenvalue weighted by Crippen LogP contribution is 2.24. The van der Waals surface area contributed by atoms with E-state index in [1.807, 2.05) is 30.6 Å². The molecule has 14 heavy (non-hydrogen) atoms. The first-order valence-corrected chi connectivity index (χ1v) is 6.22. The van der Waals surface area contributed by atoms with Crippen LogP contribution < -0.4 is 5.32 Å². The second kappa shape index (κ2) is 5.03. The Bertz CT molecular complexity index is 210. The molecule has 1 aliphatic heterocycles. The Labute approximate surface area is 90.6 Å². The quantitative estimate of drug-likeness (QED) is 0.746. The van der Waals surface area contributed by atoms with Gasteiger partial charge in [-0.15, -0.1) is 0 Å². The van der Waals surface area contributed by atoms with Crippen molar-refractivity contribution >= 4 is 17.7 Å². The molecule has 0 saturated carbocycles. The van der Waals surface area contributed by atoms with Gasteiger partial charge in [0.1, 0.15) is 0 Å². The summed E-state index contributed by atoms with van der Waals surface area (Å²) in [7, 11) is 1.83. The van der Waals surface area contributed by atoms with Crippen LogP contribution in [0.5, 0.6) is 0 Å². The van der Waals surface area contributed by atoms with Gasteiger partial charge < -0.3 is 10.2 Å². The van der Waals surface area contributed by atoms with E-state index in [0.29, 0.717) is 11.3 Å². The summed E-state index contributed by atoms with van der Waals surface area (Å²) in [6.07, 6.45) is 0. The van der Waals surface area contributed by atoms with Crippen molar-refractivity contribution in [2.45, 2.75) is 38.1 Å². The van der Waals surface area contributed by atoms with Crippen molar-refractivity contribution in [2.75, 3.05) is 19.3 Å². The smallest absolute Gasteiger partial charge is 0.239 e. The fourth-order valence-corrected chi connectivity index (χ4v) is 2.72. The van der Waals surface area contributed by atoms with Gasteiger partial charge in [-0.2, -0.15) is 11.8 Å². The molecule has 1 heterocycles. The van der Waals surface area contributed by atoms with E-state index in [9.17, 15) is 4.79 Å². The summed E-state index contributed by atoms with van der Waals surface area (Å²) in [4.78, 5) is 13.9. The summed E-state index contributed by atoms with van der Waals surface area (Å²) in [6, 6.07) is 0.296. The molecule has 0 aliphatic carbocycles. The van der Waals surface area contributed by atoms with Crippen LogP contribution in [-0.4, -0.2) is 47.5 Å². The third-order valence-electron chi connectivity index (χ3n) is 2.97. The lowest BCUT2D eigenvalue weighted by atomic mass is 10.1. The Balaban J connectivity index is 2.62. The van der Waals surface area contributed by atoms with Gasteiger partial charge in [0.25, 0.3) is 0 Å². The monoisotopic (exact) mass is 216 g/mol. The normalized spacial score (nSPS) is 30.1. The number of nitrogens with one attached hydrogen (secondary N) is 1. The molecule has 1 amide bonds. The van der Waals surface area contributed by atoms with Gasteiger partial charge in [-0.1, -0.05) is 6.92 Å².